The van der Waals surface area contributed by atoms with Crippen molar-refractivity contribution in [3.05, 3.63) is 124 Å². The third-order valence-corrected chi connectivity index (χ3v) is 15.1. The van der Waals surface area contributed by atoms with Crippen molar-refractivity contribution >= 4 is 61.4 Å². The van der Waals surface area contributed by atoms with E-state index in [9.17, 15) is 0 Å². The Kier molecular flexibility index (Phi) is 8.77. The molecule has 8 aromatic rings. The van der Waals surface area contributed by atoms with Gasteiger partial charge in [0, 0.05) is 43.8 Å². The van der Waals surface area contributed by atoms with E-state index in [1.807, 2.05) is 0 Å². The Morgan fingerprint density at radius 2 is 0.828 bits per heavy atom. The number of nitrogens with zero attached hydrogens (tertiary/aromatic N) is 2. The Balaban J connectivity index is 1.47. The van der Waals surface area contributed by atoms with Gasteiger partial charge in [0.05, 0.1) is 11.0 Å². The second-order valence-electron chi connectivity index (χ2n) is 26.2. The van der Waals surface area contributed by atoms with Crippen molar-refractivity contribution in [2.45, 2.75) is 164 Å². The first kappa shape index (κ1) is 42.9. The van der Waals surface area contributed by atoms with E-state index < -0.39 is 0 Å². The van der Waals surface area contributed by atoms with Gasteiger partial charge in [-0.05, 0) is 155 Å². The number of benzene rings is 6. The number of rotatable bonds is 1. The molecule has 0 aliphatic carbocycles. The van der Waals surface area contributed by atoms with E-state index in [1.165, 1.54) is 121 Å². The molecule has 6 aromatic carbocycles. The molecule has 0 unspecified atom stereocenters. The molecule has 328 valence electrons. The molecule has 0 atom stereocenters. The van der Waals surface area contributed by atoms with Crippen LogP contribution in [0.2, 0.25) is 0 Å². The van der Waals surface area contributed by atoms with Gasteiger partial charge in [0.2, 0.25) is 0 Å². The Labute approximate surface area is 384 Å². The second-order valence-corrected chi connectivity index (χ2v) is 26.2. The fourth-order valence-electron chi connectivity index (χ4n) is 11.0. The predicted molar refractivity (Wildman–Crippen MR) is 282 cm³/mol. The van der Waals surface area contributed by atoms with Crippen molar-refractivity contribution in [3.63, 3.8) is 0 Å². The number of hydrogen-bond acceptors (Lipinski definition) is 0. The highest BCUT2D eigenvalue weighted by molar-refractivity contribution is 6.90. The third-order valence-electron chi connectivity index (χ3n) is 15.1. The Morgan fingerprint density at radius 3 is 1.38 bits per heavy atom. The van der Waals surface area contributed by atoms with Crippen LogP contribution in [0.1, 0.15) is 164 Å². The Bertz CT molecular complexity index is 3290. The molecule has 0 fully saturated rings. The monoisotopic (exact) mass is 843 g/mol. The number of hydrogen-bond donors (Lipinski definition) is 0. The number of aryl methyl sites for hydroxylation is 1. The normalized spacial score (nSPS) is 14.5. The van der Waals surface area contributed by atoms with E-state index in [2.05, 4.69) is 226 Å². The van der Waals surface area contributed by atoms with Gasteiger partial charge in [-0.3, -0.25) is 0 Å². The van der Waals surface area contributed by atoms with Crippen molar-refractivity contribution in [1.29, 1.82) is 0 Å². The van der Waals surface area contributed by atoms with Gasteiger partial charge in [0.25, 0.3) is 0 Å². The van der Waals surface area contributed by atoms with Gasteiger partial charge in [-0.2, -0.15) is 0 Å². The lowest BCUT2D eigenvalue weighted by atomic mass is 9.45. The first-order valence-electron chi connectivity index (χ1n) is 24.0. The summed E-state index contributed by atoms with van der Waals surface area (Å²) in [5.74, 6) is 0. The second kappa shape index (κ2) is 13.1. The molecule has 2 aromatic heterocycles. The maximum absolute atomic E-state index is 2.78. The zero-order valence-corrected chi connectivity index (χ0v) is 42.6. The van der Waals surface area contributed by atoms with Crippen molar-refractivity contribution in [1.82, 2.24) is 9.05 Å². The third kappa shape index (κ3) is 6.33. The molecular formula is C61H71BN2. The summed E-state index contributed by atoms with van der Waals surface area (Å²) in [4.78, 5) is 0. The average Bonchev–Trinajstić information content (AvgIpc) is 3.69. The summed E-state index contributed by atoms with van der Waals surface area (Å²) >= 11 is 0. The lowest BCUT2D eigenvalue weighted by Gasteiger charge is -2.36. The Hall–Kier alpha value is -5.02. The van der Waals surface area contributed by atoms with Crippen LogP contribution >= 0.6 is 0 Å². The van der Waals surface area contributed by atoms with E-state index in [0.29, 0.717) is 0 Å². The summed E-state index contributed by atoms with van der Waals surface area (Å²) < 4.78 is 5.49. The lowest BCUT2D eigenvalue weighted by molar-refractivity contribution is 0.569. The molecule has 0 saturated carbocycles. The van der Waals surface area contributed by atoms with E-state index in [1.54, 1.807) is 0 Å². The van der Waals surface area contributed by atoms with Crippen LogP contribution in [0.15, 0.2) is 84.9 Å². The van der Waals surface area contributed by atoms with Crippen molar-refractivity contribution < 1.29 is 0 Å². The van der Waals surface area contributed by atoms with Gasteiger partial charge in [0.1, 0.15) is 0 Å². The fraction of sp³-hybridized carbons (Fsp3) is 0.410. The van der Waals surface area contributed by atoms with Crippen LogP contribution in [-0.4, -0.2) is 15.9 Å². The smallest absolute Gasteiger partial charge is 0.333 e. The summed E-state index contributed by atoms with van der Waals surface area (Å²) in [7, 11) is 0. The largest absolute Gasteiger partial charge is 0.375 e. The summed E-state index contributed by atoms with van der Waals surface area (Å²) in [6.45, 7) is 44.9. The van der Waals surface area contributed by atoms with E-state index in [4.69, 9.17) is 0 Å². The highest BCUT2D eigenvalue weighted by Gasteiger charge is 2.43. The number of aromatic nitrogens is 2. The van der Waals surface area contributed by atoms with Crippen LogP contribution < -0.4 is 10.9 Å². The zero-order chi connectivity index (χ0) is 46.3. The summed E-state index contributed by atoms with van der Waals surface area (Å²) in [5, 5.41) is 5.45. The van der Waals surface area contributed by atoms with Gasteiger partial charge in [-0.15, -0.1) is 0 Å². The van der Waals surface area contributed by atoms with E-state index >= 15 is 0 Å². The van der Waals surface area contributed by atoms with Gasteiger partial charge in [0.15, 0.2) is 0 Å². The van der Waals surface area contributed by atoms with Gasteiger partial charge in [-0.25, -0.2) is 0 Å². The molecule has 0 spiro atoms. The highest BCUT2D eigenvalue weighted by atomic mass is 15.0. The summed E-state index contributed by atoms with van der Waals surface area (Å²) in [6.07, 6.45) is 0. The first-order chi connectivity index (χ1) is 29.4. The van der Waals surface area contributed by atoms with Crippen molar-refractivity contribution in [3.8, 4) is 27.9 Å². The van der Waals surface area contributed by atoms with Crippen LogP contribution in [-0.2, 0) is 32.5 Å². The molecule has 2 aliphatic heterocycles. The molecule has 0 amide bonds. The minimum atomic E-state index is -0.0462. The molecule has 3 heteroatoms. The van der Waals surface area contributed by atoms with E-state index in [0.717, 1.165) is 0 Å². The maximum atomic E-state index is 2.78. The van der Waals surface area contributed by atoms with Crippen LogP contribution in [0, 0.1) is 6.92 Å². The van der Waals surface area contributed by atoms with Crippen LogP contribution in [0.4, 0.5) is 0 Å². The standard InChI is InChI=1S/C61H71BN2/c1-34-22-38(57(5,6)7)29-47-48-32-42(61(17,18)19)33-49-55(48)63(53(34)47)51-26-36(35-23-39(58(8,9)10)27-40(24-35)59(11,12)13)25-44-46-31-41(60(14,15)16)30-45-43-28-37(56(2,3)4)20-21-50(43)64(54(45)46)62(49)52(44)51/h20-33H,1-19H3. The molecule has 2 nitrogen and oxygen atoms in total. The molecule has 0 N–H and O–H groups in total. The van der Waals surface area contributed by atoms with Crippen molar-refractivity contribution in [2.24, 2.45) is 0 Å². The number of fused-ring (bicyclic) bond motifs is 10. The summed E-state index contributed by atoms with van der Waals surface area (Å²) in [6, 6.07) is 35.3. The van der Waals surface area contributed by atoms with Gasteiger partial charge >= 0.3 is 6.85 Å². The Morgan fingerprint density at radius 1 is 0.375 bits per heavy atom. The topological polar surface area (TPSA) is 9.86 Å². The molecule has 0 saturated heterocycles. The molecular weight excluding hydrogens is 771 g/mol. The first-order valence-corrected chi connectivity index (χ1v) is 24.0. The predicted octanol–water partition coefficient (Wildman–Crippen LogP) is 15.6. The molecule has 0 radical (unpaired) electrons. The fourth-order valence-corrected chi connectivity index (χ4v) is 11.0. The van der Waals surface area contributed by atoms with Crippen LogP contribution in [0.25, 0.3) is 71.6 Å². The SMILES string of the molecule is Cc1cc(C(C)(C)C)cc2c3cc(C(C)(C)C)cc4c3n(c12)-c1cc(-c2cc(C(C)(C)C)cc(C(C)(C)C)c2)cc2c1B4n1c3ccc(C(C)(C)C)cc3c3cc(C(C)(C)C)cc-2c31. The van der Waals surface area contributed by atoms with E-state index in [-0.39, 0.29) is 39.3 Å². The quantitative estimate of drug-likeness (QED) is 0.146. The molecule has 64 heavy (non-hydrogen) atoms. The van der Waals surface area contributed by atoms with Gasteiger partial charge in [-0.1, -0.05) is 161 Å². The zero-order valence-electron chi connectivity index (χ0n) is 42.6. The molecule has 2 aliphatic rings. The summed E-state index contributed by atoms with van der Waals surface area (Å²) in [5.41, 5.74) is 24.4. The maximum Gasteiger partial charge on any atom is 0.333 e. The molecule has 0 bridgehead atoms. The van der Waals surface area contributed by atoms with Crippen LogP contribution in [0.5, 0.6) is 0 Å². The van der Waals surface area contributed by atoms with Gasteiger partial charge < -0.3 is 9.05 Å². The molecule has 4 heterocycles. The van der Waals surface area contributed by atoms with Crippen LogP contribution in [0.3, 0.4) is 0 Å². The highest BCUT2D eigenvalue weighted by Crippen LogP contribution is 2.48. The van der Waals surface area contributed by atoms with Crippen molar-refractivity contribution in [2.75, 3.05) is 0 Å². The molecule has 10 rings (SSSR count). The lowest BCUT2D eigenvalue weighted by Crippen LogP contribution is -2.55. The minimum Gasteiger partial charge on any atom is -0.375 e. The average molecular weight is 843 g/mol. The minimum absolute atomic E-state index is 0.00198.